The Labute approximate surface area is 227 Å². The van der Waals surface area contributed by atoms with Gasteiger partial charge < -0.3 is 42.0 Å². The van der Waals surface area contributed by atoms with E-state index >= 15 is 0 Å². The molecule has 0 aliphatic heterocycles. The number of hydrogen-bond acceptors (Lipinski definition) is 8. The number of rotatable bonds is 4. The van der Waals surface area contributed by atoms with Crippen molar-refractivity contribution in [1.82, 2.24) is 0 Å². The minimum atomic E-state index is -4.33. The smallest absolute Gasteiger partial charge is 0.748 e. The van der Waals surface area contributed by atoms with Gasteiger partial charge in [0.1, 0.15) is 11.6 Å². The van der Waals surface area contributed by atoms with Crippen LogP contribution in [0.5, 0.6) is 0 Å². The minimum Gasteiger partial charge on any atom is -0.748 e. The average molecular weight is 635 g/mol. The number of fused-ring (bicyclic) bond motifs is 4. The van der Waals surface area contributed by atoms with Gasteiger partial charge in [0.25, 0.3) is 0 Å². The van der Waals surface area contributed by atoms with E-state index in [1.807, 2.05) is 27.7 Å². The summed E-state index contributed by atoms with van der Waals surface area (Å²) in [6.07, 6.45) is 3.75. The molecule has 4 atom stereocenters. The molecule has 4 bridgehead atoms. The van der Waals surface area contributed by atoms with Gasteiger partial charge in [-0.05, 0) is 48.3 Å². The summed E-state index contributed by atoms with van der Waals surface area (Å²) < 4.78 is 65.4. The summed E-state index contributed by atoms with van der Waals surface area (Å²) in [5.41, 5.74) is -2.44. The maximum absolute atomic E-state index is 11.8. The fourth-order valence-electron chi connectivity index (χ4n) is 6.82. The molecule has 0 aromatic heterocycles. The van der Waals surface area contributed by atoms with E-state index in [1.54, 1.807) is 0 Å². The van der Waals surface area contributed by atoms with E-state index in [2.05, 4.69) is 0 Å². The van der Waals surface area contributed by atoms with E-state index < -0.39 is 42.6 Å². The van der Waals surface area contributed by atoms with Gasteiger partial charge in [-0.1, -0.05) is 27.7 Å². The Balaban J connectivity index is -0.000000155. The first-order chi connectivity index (χ1) is 13.4. The number of Topliss-reactive ketones (excluding diaryl/α,β-unsaturated/α-hetero) is 2. The van der Waals surface area contributed by atoms with Crippen LogP contribution in [0.2, 0.25) is 0 Å². The van der Waals surface area contributed by atoms with Crippen LogP contribution in [-0.4, -0.2) is 49.0 Å². The third kappa shape index (κ3) is 7.34. The first-order valence-corrected chi connectivity index (χ1v) is 13.5. The van der Waals surface area contributed by atoms with Crippen LogP contribution in [0, 0.1) is 33.5 Å². The zero-order valence-corrected chi connectivity index (χ0v) is 24.3. The summed E-state index contributed by atoms with van der Waals surface area (Å²) in [7, 11) is -8.65. The fraction of sp³-hybridized carbons (Fsp3) is 0.900. The van der Waals surface area contributed by atoms with Crippen LogP contribution in [0.3, 0.4) is 0 Å². The molecule has 4 aliphatic rings. The Morgan fingerprint density at radius 1 is 0.649 bits per heavy atom. The van der Waals surface area contributed by atoms with E-state index in [0.717, 1.165) is 12.8 Å². The molecule has 37 heavy (non-hydrogen) atoms. The van der Waals surface area contributed by atoms with Crippen LogP contribution in [0.25, 0.3) is 0 Å². The monoisotopic (exact) mass is 634 g/mol. The molecule has 4 fully saturated rings. The Hall–Kier alpha value is -0.586. The van der Waals surface area contributed by atoms with Gasteiger partial charge in [-0.25, -0.2) is 16.8 Å². The molecule has 14 nitrogen and oxygen atoms in total. The molecule has 0 amide bonds. The van der Waals surface area contributed by atoms with E-state index in [1.165, 1.54) is 0 Å². The predicted octanol–water partition coefficient (Wildman–Crippen LogP) is -3.68. The summed E-state index contributed by atoms with van der Waals surface area (Å²) in [5, 5.41) is 0. The van der Waals surface area contributed by atoms with Crippen LogP contribution in [-0.2, 0) is 79.2 Å². The van der Waals surface area contributed by atoms with Gasteiger partial charge in [-0.3, -0.25) is 9.59 Å². The van der Waals surface area contributed by atoms with Crippen molar-refractivity contribution in [2.24, 2.45) is 33.5 Å². The molecule has 0 heterocycles. The summed E-state index contributed by atoms with van der Waals surface area (Å²) in [5.74, 6) is -0.560. The van der Waals surface area contributed by atoms with Gasteiger partial charge in [-0.2, -0.15) is 0 Å². The predicted molar refractivity (Wildman–Crippen MR) is 135 cm³/mol. The zero-order chi connectivity index (χ0) is 23.0. The normalized spacial score (nSPS) is 31.3. The molecule has 0 unspecified atom stereocenters. The van der Waals surface area contributed by atoms with Gasteiger partial charge in [-0.15, -0.1) is 0 Å². The second kappa shape index (κ2) is 13.7. The van der Waals surface area contributed by atoms with Crippen molar-refractivity contribution in [3.05, 3.63) is 0 Å². The molecule has 4 aliphatic carbocycles. The van der Waals surface area contributed by atoms with Crippen molar-refractivity contribution >= 4 is 31.8 Å². The topological polar surface area (TPSA) is 347 Å². The van der Waals surface area contributed by atoms with Crippen LogP contribution in [0.15, 0.2) is 0 Å². The summed E-state index contributed by atoms with van der Waals surface area (Å²) in [4.78, 5) is 23.7. The van der Waals surface area contributed by atoms with Gasteiger partial charge >= 0.3 is 16.5 Å². The third-order valence-electron chi connectivity index (χ3n) is 9.12. The van der Waals surface area contributed by atoms with E-state index in [4.69, 9.17) is 0 Å². The Kier molecular flexibility index (Phi) is 17.1. The molecular weight excluding hydrogens is 587 g/mol. The van der Waals surface area contributed by atoms with E-state index in [0.29, 0.717) is 25.7 Å². The molecule has 4 saturated carbocycles. The Morgan fingerprint density at radius 2 is 0.892 bits per heavy atom. The SMILES string of the molecule is CC1(C)[C@@H]2CC[C@@]1(CS(=O)(=O)[O-])C(=O)C2.CC1(C)[C@@H]2CC[C@@]1(CS(=O)(=O)[O-])C(=O)C2.[Ni+2].[OH3+].[OH3+].[OH3+].[OH3+].[OH3+].[OH3+]. The molecule has 0 saturated heterocycles. The van der Waals surface area contributed by atoms with Gasteiger partial charge in [0.05, 0.1) is 31.7 Å². The van der Waals surface area contributed by atoms with Crippen LogP contribution >= 0.6 is 0 Å². The number of carbonyl (C=O) groups is 2. The summed E-state index contributed by atoms with van der Waals surface area (Å²) in [6, 6.07) is 0. The van der Waals surface area contributed by atoms with E-state index in [-0.39, 0.29) is 83.6 Å². The quantitative estimate of drug-likeness (QED) is 0.168. The van der Waals surface area contributed by atoms with Crippen molar-refractivity contribution in [2.75, 3.05) is 11.5 Å². The molecule has 0 spiro atoms. The van der Waals surface area contributed by atoms with Crippen molar-refractivity contribution < 1.29 is 84.9 Å². The maximum Gasteiger partial charge on any atom is 2.00 e. The largest absolute Gasteiger partial charge is 2.00 e. The van der Waals surface area contributed by atoms with Crippen molar-refractivity contribution in [2.45, 2.75) is 66.2 Å². The fourth-order valence-corrected chi connectivity index (χ4v) is 9.38. The molecule has 0 aromatic carbocycles. The summed E-state index contributed by atoms with van der Waals surface area (Å²) in [6.45, 7) is 7.67. The average Bonchev–Trinajstić information content (AvgIpc) is 3.05. The third-order valence-corrected chi connectivity index (χ3v) is 10.8. The van der Waals surface area contributed by atoms with Crippen molar-refractivity contribution in [1.29, 1.82) is 0 Å². The first-order valence-electron chi connectivity index (χ1n) is 10.3. The number of hydrogen-bond donors (Lipinski definition) is 0. The molecule has 0 radical (unpaired) electrons. The molecule has 4 rings (SSSR count). The molecule has 0 aromatic rings. The molecule has 17 heteroatoms. The minimum absolute atomic E-state index is 0. The maximum atomic E-state index is 11.8. The molecule has 18 N–H and O–H groups in total. The van der Waals surface area contributed by atoms with Crippen LogP contribution in [0.4, 0.5) is 0 Å². The van der Waals surface area contributed by atoms with E-state index in [9.17, 15) is 35.5 Å². The summed E-state index contributed by atoms with van der Waals surface area (Å²) >= 11 is 0. The molecular formula is C20H48NiO14S2+6. The number of carbonyl (C=O) groups excluding carboxylic acids is 2. The first kappa shape index (κ1) is 46.3. The zero-order valence-electron chi connectivity index (χ0n) is 21.7. The Morgan fingerprint density at radius 3 is 1.03 bits per heavy atom. The molecule has 228 valence electrons. The second-order valence-corrected chi connectivity index (χ2v) is 13.5. The number of ketones is 2. The Bertz CT molecular complexity index is 915. The second-order valence-electron chi connectivity index (χ2n) is 10.7. The van der Waals surface area contributed by atoms with Gasteiger partial charge in [0.2, 0.25) is 0 Å². The van der Waals surface area contributed by atoms with Crippen molar-refractivity contribution in [3.8, 4) is 0 Å². The van der Waals surface area contributed by atoms with Crippen LogP contribution < -0.4 is 0 Å². The van der Waals surface area contributed by atoms with Gasteiger partial charge in [0.15, 0.2) is 0 Å². The standard InChI is InChI=1S/2C10H16O4S.Ni.6H2O/c2*1-9(2)7-3-4-10(9,8(11)5-7)6-15(12,13)14;;;;;;;/h2*7H,3-6H2,1-2H3,(H,12,13,14);;6*1H2/q;;+2;;;;;;/p+4/t2*7-,10-;;;;;;;/m11......./s1. The van der Waals surface area contributed by atoms with Crippen LogP contribution in [0.1, 0.15) is 66.2 Å². The van der Waals surface area contributed by atoms with Crippen molar-refractivity contribution in [3.63, 3.8) is 0 Å². The van der Waals surface area contributed by atoms with Gasteiger partial charge in [0, 0.05) is 23.7 Å².